The van der Waals surface area contributed by atoms with Gasteiger partial charge in [-0.2, -0.15) is 4.57 Å². The molecule has 0 aliphatic carbocycles. The van der Waals surface area contributed by atoms with Crippen molar-refractivity contribution in [1.29, 1.82) is 0 Å². The third-order valence-electron chi connectivity index (χ3n) is 1.33. The maximum Gasteiger partial charge on any atom is 0.401 e. The Morgan fingerprint density at radius 2 is 2.27 bits per heavy atom. The van der Waals surface area contributed by atoms with Gasteiger partial charge >= 0.3 is 5.97 Å². The van der Waals surface area contributed by atoms with Crippen LogP contribution in [0.15, 0.2) is 23.2 Å². The van der Waals surface area contributed by atoms with E-state index in [9.17, 15) is 4.79 Å². The predicted octanol–water partition coefficient (Wildman–Crippen LogP) is 0.115. The van der Waals surface area contributed by atoms with Gasteiger partial charge < -0.3 is 17.7 Å². The summed E-state index contributed by atoms with van der Waals surface area (Å²) >= 11 is 4.83. The van der Waals surface area contributed by atoms with Crippen molar-refractivity contribution in [3.63, 3.8) is 0 Å². The fourth-order valence-corrected chi connectivity index (χ4v) is 1.03. The highest BCUT2D eigenvalue weighted by atomic mass is 32.1. The highest BCUT2D eigenvalue weighted by Gasteiger charge is 2.12. The summed E-state index contributed by atoms with van der Waals surface area (Å²) in [5, 5.41) is 8.60. The molecule has 0 bridgehead atoms. The van der Waals surface area contributed by atoms with E-state index in [2.05, 4.69) is 0 Å². The summed E-state index contributed by atoms with van der Waals surface area (Å²) in [5.41, 5.74) is 0.235. The number of carboxylic acids is 1. The lowest BCUT2D eigenvalue weighted by molar-refractivity contribution is -0.675. The maximum absolute atomic E-state index is 10.5. The zero-order valence-corrected chi connectivity index (χ0v) is 6.76. The number of hydrogen-bond acceptors (Lipinski definition) is 2. The monoisotopic (exact) mass is 169 g/mol. The number of hydrogen-bond donors (Lipinski definition) is 1. The third-order valence-corrected chi connectivity index (χ3v) is 1.57. The molecule has 1 aromatic rings. The first kappa shape index (κ1) is 7.94. The lowest BCUT2D eigenvalue weighted by Crippen LogP contribution is -2.35. The summed E-state index contributed by atoms with van der Waals surface area (Å²) in [4.78, 5) is 11.1. The average molecular weight is 169 g/mol. The predicted molar refractivity (Wildman–Crippen MR) is 40.2 cm³/mol. The van der Waals surface area contributed by atoms with Crippen LogP contribution >= 0.6 is 0 Å². The second kappa shape index (κ2) is 2.84. The lowest BCUT2D eigenvalue weighted by atomic mass is 10.3. The molecule has 11 heavy (non-hydrogen) atoms. The van der Waals surface area contributed by atoms with Crippen molar-refractivity contribution in [2.45, 2.75) is 4.90 Å². The number of nitrogens with zero attached hydrogens (tertiary/aromatic N) is 1. The first-order valence-corrected chi connectivity index (χ1v) is 3.42. The number of aromatic nitrogens is 1. The second-order valence-corrected chi connectivity index (χ2v) is 2.64. The lowest BCUT2D eigenvalue weighted by Gasteiger charge is -2.01. The molecule has 0 radical (unpaired) electrons. The molecule has 1 rings (SSSR count). The largest absolute Gasteiger partial charge is 0.774 e. The van der Waals surface area contributed by atoms with Crippen molar-refractivity contribution in [2.75, 3.05) is 0 Å². The molecule has 0 spiro atoms. The van der Waals surface area contributed by atoms with Crippen LogP contribution in [0.5, 0.6) is 0 Å². The second-order valence-electron chi connectivity index (χ2n) is 2.17. The van der Waals surface area contributed by atoms with Crippen molar-refractivity contribution in [2.24, 2.45) is 7.05 Å². The molecule has 1 aromatic heterocycles. The van der Waals surface area contributed by atoms with Gasteiger partial charge in [0.15, 0.2) is 0 Å². The van der Waals surface area contributed by atoms with E-state index in [0.717, 1.165) is 0 Å². The minimum atomic E-state index is -0.942. The van der Waals surface area contributed by atoms with E-state index >= 15 is 0 Å². The van der Waals surface area contributed by atoms with Crippen LogP contribution in [0.2, 0.25) is 0 Å². The normalized spacial score (nSPS) is 9.55. The van der Waals surface area contributed by atoms with Crippen LogP contribution in [0.3, 0.4) is 0 Å². The van der Waals surface area contributed by atoms with Crippen LogP contribution in [-0.2, 0) is 19.7 Å². The molecule has 0 unspecified atom stereocenters. The van der Waals surface area contributed by atoms with Crippen molar-refractivity contribution in [1.82, 2.24) is 0 Å². The van der Waals surface area contributed by atoms with Gasteiger partial charge in [-0.05, 0) is 0 Å². The van der Waals surface area contributed by atoms with Crippen LogP contribution in [0.1, 0.15) is 10.5 Å². The van der Waals surface area contributed by atoms with E-state index < -0.39 is 5.97 Å². The van der Waals surface area contributed by atoms with Gasteiger partial charge in [0, 0.05) is 6.07 Å². The fraction of sp³-hybridized carbons (Fsp3) is 0.143. The molecule has 0 saturated heterocycles. The van der Waals surface area contributed by atoms with Gasteiger partial charge in [0.2, 0.25) is 0 Å². The molecular weight excluding hydrogens is 162 g/mol. The number of rotatable bonds is 1. The van der Waals surface area contributed by atoms with Crippen molar-refractivity contribution in [3.8, 4) is 0 Å². The molecule has 58 valence electrons. The summed E-state index contributed by atoms with van der Waals surface area (Å²) < 4.78 is 1.49. The van der Waals surface area contributed by atoms with Gasteiger partial charge in [0.1, 0.15) is 13.2 Å². The summed E-state index contributed by atoms with van der Waals surface area (Å²) in [5.74, 6) is -0.942. The van der Waals surface area contributed by atoms with E-state index in [1.54, 1.807) is 19.3 Å². The molecule has 0 aliphatic rings. The molecule has 0 atom stereocenters. The van der Waals surface area contributed by atoms with E-state index in [4.69, 9.17) is 17.7 Å². The summed E-state index contributed by atoms with van der Waals surface area (Å²) in [7, 11) is 1.65. The van der Waals surface area contributed by atoms with E-state index in [1.807, 2.05) is 0 Å². The zero-order valence-electron chi connectivity index (χ0n) is 5.94. The molecule has 0 amide bonds. The molecular formula is C7H7NO2S. The van der Waals surface area contributed by atoms with Crippen LogP contribution < -0.4 is 4.57 Å². The zero-order chi connectivity index (χ0) is 8.43. The van der Waals surface area contributed by atoms with Crippen molar-refractivity contribution in [3.05, 3.63) is 24.0 Å². The van der Waals surface area contributed by atoms with Crippen molar-refractivity contribution >= 4 is 18.6 Å². The van der Waals surface area contributed by atoms with Gasteiger partial charge in [-0.25, -0.2) is 4.79 Å². The highest BCUT2D eigenvalue weighted by Crippen LogP contribution is 1.95. The Hall–Kier alpha value is -1.16. The Morgan fingerprint density at radius 3 is 2.73 bits per heavy atom. The van der Waals surface area contributed by atoms with E-state index in [0.29, 0.717) is 4.90 Å². The van der Waals surface area contributed by atoms with E-state index in [1.165, 1.54) is 10.6 Å². The molecule has 1 heterocycles. The molecule has 4 heteroatoms. The molecule has 0 saturated carbocycles. The summed E-state index contributed by atoms with van der Waals surface area (Å²) in [6.07, 6.45) is 1.60. The fourth-order valence-electron chi connectivity index (χ4n) is 0.804. The molecule has 0 aromatic carbocycles. The Bertz CT molecular complexity index is 298. The first-order valence-electron chi connectivity index (χ1n) is 3.01. The van der Waals surface area contributed by atoms with Crippen molar-refractivity contribution < 1.29 is 14.5 Å². The average Bonchev–Trinajstić information content (AvgIpc) is 1.85. The van der Waals surface area contributed by atoms with Crippen LogP contribution in [0.4, 0.5) is 0 Å². The smallest absolute Gasteiger partial charge is 0.401 e. The van der Waals surface area contributed by atoms with E-state index in [-0.39, 0.29) is 5.69 Å². The van der Waals surface area contributed by atoms with Gasteiger partial charge in [-0.1, -0.05) is 6.07 Å². The Balaban J connectivity index is 3.20. The maximum atomic E-state index is 10.5. The Labute approximate surface area is 69.7 Å². The molecule has 1 N–H and O–H groups in total. The molecule has 0 aliphatic heterocycles. The van der Waals surface area contributed by atoms with Gasteiger partial charge in [0.05, 0.1) is 0 Å². The number of pyridine rings is 1. The Morgan fingerprint density at radius 1 is 1.64 bits per heavy atom. The first-order chi connectivity index (χ1) is 5.11. The van der Waals surface area contributed by atoms with Crippen LogP contribution in [-0.4, -0.2) is 11.1 Å². The highest BCUT2D eigenvalue weighted by molar-refractivity contribution is 7.58. The van der Waals surface area contributed by atoms with Gasteiger partial charge in [-0.3, -0.25) is 0 Å². The standard InChI is InChI=1S/C7H7NO2S/c1-8-4-5(11)2-3-6(8)7(9)10/h2-4H,1H3,(H-,9,10,11). The molecule has 0 fully saturated rings. The Kier molecular flexibility index (Phi) is 2.05. The number of carbonyl (C=O) groups is 1. The summed E-state index contributed by atoms with van der Waals surface area (Å²) in [6.45, 7) is 0. The quantitative estimate of drug-likeness (QED) is 0.479. The van der Waals surface area contributed by atoms with Gasteiger partial charge in [-0.15, -0.1) is 4.90 Å². The number of carboxylic acid groups (broad SMARTS) is 1. The van der Waals surface area contributed by atoms with Gasteiger partial charge in [0.25, 0.3) is 5.69 Å². The topological polar surface area (TPSA) is 41.2 Å². The number of aryl methyl sites for hydroxylation is 1. The van der Waals surface area contributed by atoms with Crippen LogP contribution in [0, 0.1) is 0 Å². The molecule has 3 nitrogen and oxygen atoms in total. The minimum absolute atomic E-state index is 0.235. The SMILES string of the molecule is C[n+]1cc([S-])ccc1C(=O)O. The summed E-state index contributed by atoms with van der Waals surface area (Å²) in [6, 6.07) is 3.09. The minimum Gasteiger partial charge on any atom is -0.774 e. The van der Waals surface area contributed by atoms with Crippen LogP contribution in [0.25, 0.3) is 0 Å². The third kappa shape index (κ3) is 1.65. The number of aromatic carboxylic acids is 1.